The molecule has 1 amide bonds. The first-order valence-electron chi connectivity index (χ1n) is 6.92. The Morgan fingerprint density at radius 3 is 2.17 bits per heavy atom. The Hall–Kier alpha value is -1.06. The fraction of sp³-hybridized carbons (Fsp3) is 0.857. The maximum Gasteiger partial charge on any atom is 0.306 e. The lowest BCUT2D eigenvalue weighted by atomic mass is 9.82. The predicted molar refractivity (Wildman–Crippen MR) is 70.1 cm³/mol. The van der Waals surface area contributed by atoms with Crippen molar-refractivity contribution < 1.29 is 14.7 Å². The molecule has 4 heteroatoms. The maximum absolute atomic E-state index is 11.8. The number of hydrogen-bond donors (Lipinski definition) is 2. The van der Waals surface area contributed by atoms with Crippen molar-refractivity contribution in [3.8, 4) is 0 Å². The van der Waals surface area contributed by atoms with Crippen molar-refractivity contribution in [2.45, 2.75) is 46.5 Å². The largest absolute Gasteiger partial charge is 0.481 e. The zero-order valence-electron chi connectivity index (χ0n) is 11.6. The molecule has 0 aromatic carbocycles. The molecule has 1 fully saturated rings. The molecule has 1 aliphatic rings. The summed E-state index contributed by atoms with van der Waals surface area (Å²) in [5, 5.41) is 11.9. The molecule has 18 heavy (non-hydrogen) atoms. The number of carbonyl (C=O) groups is 2. The molecule has 0 aromatic rings. The highest BCUT2D eigenvalue weighted by molar-refractivity contribution is 5.78. The average Bonchev–Trinajstić information content (AvgIpc) is 2.35. The molecular formula is C14H25NO3. The van der Waals surface area contributed by atoms with E-state index < -0.39 is 5.97 Å². The third-order valence-electron chi connectivity index (χ3n) is 4.17. The van der Waals surface area contributed by atoms with E-state index in [4.69, 9.17) is 5.11 Å². The molecule has 2 N–H and O–H groups in total. The zero-order chi connectivity index (χ0) is 13.7. The van der Waals surface area contributed by atoms with Gasteiger partial charge in [-0.05, 0) is 37.5 Å². The van der Waals surface area contributed by atoms with Gasteiger partial charge in [0, 0.05) is 12.5 Å². The molecule has 1 rings (SSSR count). The van der Waals surface area contributed by atoms with Crippen LogP contribution in [-0.4, -0.2) is 23.5 Å². The highest BCUT2D eigenvalue weighted by Crippen LogP contribution is 2.28. The number of hydrogen-bond acceptors (Lipinski definition) is 2. The van der Waals surface area contributed by atoms with Gasteiger partial charge in [-0.25, -0.2) is 0 Å². The quantitative estimate of drug-likeness (QED) is 0.792. The number of rotatable bonds is 5. The number of amides is 1. The van der Waals surface area contributed by atoms with Crippen LogP contribution in [0.5, 0.6) is 0 Å². The highest BCUT2D eigenvalue weighted by atomic mass is 16.4. The summed E-state index contributed by atoms with van der Waals surface area (Å²) < 4.78 is 0. The number of carboxylic acids is 1. The summed E-state index contributed by atoms with van der Waals surface area (Å²) in [4.78, 5) is 22.6. The van der Waals surface area contributed by atoms with Crippen LogP contribution in [0.25, 0.3) is 0 Å². The Morgan fingerprint density at radius 1 is 1.17 bits per heavy atom. The highest BCUT2D eigenvalue weighted by Gasteiger charge is 2.26. The van der Waals surface area contributed by atoms with Crippen molar-refractivity contribution in [1.29, 1.82) is 0 Å². The summed E-state index contributed by atoms with van der Waals surface area (Å²) in [6, 6.07) is 0. The SMILES string of the molecule is CC(C)C(C)C(=O)NCC1CCC(C(=O)O)CC1. The van der Waals surface area contributed by atoms with Crippen LogP contribution in [0.4, 0.5) is 0 Å². The smallest absolute Gasteiger partial charge is 0.306 e. The second kappa shape index (κ2) is 6.76. The molecule has 0 aromatic heterocycles. The summed E-state index contributed by atoms with van der Waals surface area (Å²) in [5.74, 6) is 0.111. The normalized spacial score (nSPS) is 25.8. The van der Waals surface area contributed by atoms with E-state index in [0.717, 1.165) is 25.7 Å². The molecule has 0 heterocycles. The molecule has 1 saturated carbocycles. The first kappa shape index (κ1) is 15.0. The van der Waals surface area contributed by atoms with Crippen LogP contribution < -0.4 is 5.32 Å². The van der Waals surface area contributed by atoms with Gasteiger partial charge in [0.1, 0.15) is 0 Å². The Labute approximate surface area is 109 Å². The molecule has 1 unspecified atom stereocenters. The van der Waals surface area contributed by atoms with Gasteiger partial charge in [-0.2, -0.15) is 0 Å². The van der Waals surface area contributed by atoms with E-state index in [-0.39, 0.29) is 17.7 Å². The summed E-state index contributed by atoms with van der Waals surface area (Å²) in [6.07, 6.45) is 3.31. The Balaban J connectivity index is 2.26. The number of carboxylic acid groups (broad SMARTS) is 1. The Kier molecular flexibility index (Phi) is 5.63. The number of aliphatic carboxylic acids is 1. The van der Waals surface area contributed by atoms with Gasteiger partial charge in [0.2, 0.25) is 5.91 Å². The van der Waals surface area contributed by atoms with E-state index in [2.05, 4.69) is 5.32 Å². The van der Waals surface area contributed by atoms with Crippen molar-refractivity contribution in [1.82, 2.24) is 5.32 Å². The van der Waals surface area contributed by atoms with Gasteiger partial charge in [0.15, 0.2) is 0 Å². The topological polar surface area (TPSA) is 66.4 Å². The first-order valence-corrected chi connectivity index (χ1v) is 6.92. The fourth-order valence-corrected chi connectivity index (χ4v) is 2.32. The van der Waals surface area contributed by atoms with Gasteiger partial charge in [-0.3, -0.25) is 9.59 Å². The second-order valence-electron chi connectivity index (χ2n) is 5.83. The molecule has 0 saturated heterocycles. The number of nitrogens with one attached hydrogen (secondary N) is 1. The van der Waals surface area contributed by atoms with Gasteiger partial charge < -0.3 is 10.4 Å². The van der Waals surface area contributed by atoms with Crippen LogP contribution in [0.15, 0.2) is 0 Å². The third-order valence-corrected chi connectivity index (χ3v) is 4.17. The van der Waals surface area contributed by atoms with Gasteiger partial charge in [-0.1, -0.05) is 20.8 Å². The van der Waals surface area contributed by atoms with Gasteiger partial charge >= 0.3 is 5.97 Å². The van der Waals surface area contributed by atoms with Gasteiger partial charge in [0.25, 0.3) is 0 Å². The van der Waals surface area contributed by atoms with E-state index >= 15 is 0 Å². The molecule has 0 radical (unpaired) electrons. The lowest BCUT2D eigenvalue weighted by molar-refractivity contribution is -0.143. The lowest BCUT2D eigenvalue weighted by Gasteiger charge is -2.27. The summed E-state index contributed by atoms with van der Waals surface area (Å²) >= 11 is 0. The Bertz CT molecular complexity index is 293. The van der Waals surface area contributed by atoms with E-state index in [9.17, 15) is 9.59 Å². The van der Waals surface area contributed by atoms with Crippen LogP contribution in [0.3, 0.4) is 0 Å². The maximum atomic E-state index is 11.8. The minimum Gasteiger partial charge on any atom is -0.481 e. The first-order chi connectivity index (χ1) is 8.41. The molecule has 1 aliphatic carbocycles. The zero-order valence-corrected chi connectivity index (χ0v) is 11.6. The summed E-state index contributed by atoms with van der Waals surface area (Å²) in [5.41, 5.74) is 0. The molecule has 0 aliphatic heterocycles. The summed E-state index contributed by atoms with van der Waals surface area (Å²) in [7, 11) is 0. The number of carbonyl (C=O) groups excluding carboxylic acids is 1. The van der Waals surface area contributed by atoms with E-state index in [1.54, 1.807) is 0 Å². The molecule has 4 nitrogen and oxygen atoms in total. The minimum atomic E-state index is -0.675. The molecule has 0 spiro atoms. The molecule has 1 atom stereocenters. The van der Waals surface area contributed by atoms with Gasteiger partial charge in [0.05, 0.1) is 5.92 Å². The van der Waals surface area contributed by atoms with Crippen LogP contribution in [-0.2, 0) is 9.59 Å². The standard InChI is InChI=1S/C14H25NO3/c1-9(2)10(3)13(16)15-8-11-4-6-12(7-5-11)14(17)18/h9-12H,4-8H2,1-3H3,(H,15,16)(H,17,18). The van der Waals surface area contributed by atoms with Crippen LogP contribution in [0.2, 0.25) is 0 Å². The molecular weight excluding hydrogens is 230 g/mol. The van der Waals surface area contributed by atoms with Crippen LogP contribution in [0.1, 0.15) is 46.5 Å². The van der Waals surface area contributed by atoms with E-state index in [1.807, 2.05) is 20.8 Å². The van der Waals surface area contributed by atoms with E-state index in [0.29, 0.717) is 18.4 Å². The third kappa shape index (κ3) is 4.31. The Morgan fingerprint density at radius 2 is 1.72 bits per heavy atom. The van der Waals surface area contributed by atoms with E-state index in [1.165, 1.54) is 0 Å². The molecule has 104 valence electrons. The van der Waals surface area contributed by atoms with Crippen molar-refractivity contribution in [2.24, 2.45) is 23.7 Å². The van der Waals surface area contributed by atoms with Crippen molar-refractivity contribution in [3.05, 3.63) is 0 Å². The average molecular weight is 255 g/mol. The predicted octanol–water partition coefficient (Wildman–Crippen LogP) is 2.29. The van der Waals surface area contributed by atoms with Crippen molar-refractivity contribution >= 4 is 11.9 Å². The van der Waals surface area contributed by atoms with Crippen molar-refractivity contribution in [2.75, 3.05) is 6.54 Å². The summed E-state index contributed by atoms with van der Waals surface area (Å²) in [6.45, 7) is 6.73. The monoisotopic (exact) mass is 255 g/mol. The fourth-order valence-electron chi connectivity index (χ4n) is 2.32. The molecule has 0 bridgehead atoms. The lowest BCUT2D eigenvalue weighted by Crippen LogP contribution is -2.36. The van der Waals surface area contributed by atoms with Crippen LogP contribution >= 0.6 is 0 Å². The van der Waals surface area contributed by atoms with Gasteiger partial charge in [-0.15, -0.1) is 0 Å². The minimum absolute atomic E-state index is 0.0420. The van der Waals surface area contributed by atoms with Crippen LogP contribution in [0, 0.1) is 23.7 Å². The van der Waals surface area contributed by atoms with Crippen molar-refractivity contribution in [3.63, 3.8) is 0 Å². The second-order valence-corrected chi connectivity index (χ2v) is 5.83.